The maximum atomic E-state index is 12.8. The summed E-state index contributed by atoms with van der Waals surface area (Å²) in [6.07, 6.45) is 6.22. The number of carboxylic acids is 1. The molecule has 4 aromatic rings. The van der Waals surface area contributed by atoms with Crippen molar-refractivity contribution in [2.24, 2.45) is 5.92 Å². The van der Waals surface area contributed by atoms with Crippen LogP contribution in [0.2, 0.25) is 0 Å². The van der Waals surface area contributed by atoms with Crippen LogP contribution in [0.15, 0.2) is 73.3 Å². The lowest BCUT2D eigenvalue weighted by Gasteiger charge is -2.25. The minimum Gasteiger partial charge on any atom is -0.478 e. The summed E-state index contributed by atoms with van der Waals surface area (Å²) in [7, 11) is 1.79. The molecule has 5 rings (SSSR count). The molecule has 2 N–H and O–H groups in total. The number of carbonyl (C=O) groups excluding carboxylic acids is 2. The van der Waals surface area contributed by atoms with E-state index in [4.69, 9.17) is 0 Å². The lowest BCUT2D eigenvalue weighted by molar-refractivity contribution is -0.127. The third kappa shape index (κ3) is 4.79. The number of aromatic nitrogens is 5. The molecule has 0 radical (unpaired) electrons. The fraction of sp³-hybridized carbons (Fsp3) is 0.192. The van der Waals surface area contributed by atoms with Crippen LogP contribution in [-0.4, -0.2) is 66.3 Å². The number of pyridine rings is 2. The fourth-order valence-corrected chi connectivity index (χ4v) is 4.55. The van der Waals surface area contributed by atoms with Crippen molar-refractivity contribution in [1.82, 2.24) is 35.2 Å². The van der Waals surface area contributed by atoms with Gasteiger partial charge in [-0.1, -0.05) is 35.5 Å². The van der Waals surface area contributed by atoms with Gasteiger partial charge in [-0.05, 0) is 23.8 Å². The predicted octanol–water partition coefficient (Wildman–Crippen LogP) is 2.37. The highest BCUT2D eigenvalue weighted by Gasteiger charge is 2.38. The topological polar surface area (TPSA) is 143 Å². The number of carboxylic acid groups (broad SMARTS) is 1. The van der Waals surface area contributed by atoms with Gasteiger partial charge in [0.15, 0.2) is 0 Å². The number of nitrogens with zero attached hydrogens (tertiary/aromatic N) is 6. The Morgan fingerprint density at radius 1 is 1.11 bits per heavy atom. The normalized spacial score (nSPS) is 17.1. The predicted molar refractivity (Wildman–Crippen MR) is 132 cm³/mol. The van der Waals surface area contributed by atoms with Crippen LogP contribution >= 0.6 is 0 Å². The molecule has 0 aliphatic carbocycles. The highest BCUT2D eigenvalue weighted by atomic mass is 16.4. The van der Waals surface area contributed by atoms with Gasteiger partial charge in [-0.2, -0.15) is 0 Å². The van der Waals surface area contributed by atoms with Crippen molar-refractivity contribution in [1.29, 1.82) is 0 Å². The standard InChI is InChI=1S/C26H23N7O4/c1-32-23(34)11-17(24(32)16-5-3-2-4-6-16)12-29-25(35)21-8-7-18(13-28-21)33-15-22(30-31-33)20-14-27-10-9-19(20)26(36)37/h2-10,13-15,17,24H,11-12H2,1H3,(H,29,35)(H,36,37)/t17-,24-/m1/s1. The van der Waals surface area contributed by atoms with Crippen LogP contribution in [0.1, 0.15) is 38.9 Å². The Labute approximate surface area is 211 Å². The number of benzene rings is 1. The second-order valence-corrected chi connectivity index (χ2v) is 8.71. The first-order valence-electron chi connectivity index (χ1n) is 11.6. The van der Waals surface area contributed by atoms with E-state index in [1.54, 1.807) is 30.3 Å². The molecule has 0 bridgehead atoms. The molecule has 1 aliphatic rings. The summed E-state index contributed by atoms with van der Waals surface area (Å²) in [6.45, 7) is 0.335. The molecule has 11 nitrogen and oxygen atoms in total. The van der Waals surface area contributed by atoms with Crippen molar-refractivity contribution in [2.75, 3.05) is 13.6 Å². The van der Waals surface area contributed by atoms with Crippen LogP contribution in [0.25, 0.3) is 16.9 Å². The van der Waals surface area contributed by atoms with Gasteiger partial charge in [-0.15, -0.1) is 5.10 Å². The third-order valence-electron chi connectivity index (χ3n) is 6.43. The van der Waals surface area contributed by atoms with Crippen molar-refractivity contribution in [3.63, 3.8) is 0 Å². The Hall–Kier alpha value is -4.93. The van der Waals surface area contributed by atoms with Crippen LogP contribution in [0.4, 0.5) is 0 Å². The van der Waals surface area contributed by atoms with Gasteiger partial charge in [-0.3, -0.25) is 14.6 Å². The van der Waals surface area contributed by atoms with Gasteiger partial charge in [0.25, 0.3) is 5.91 Å². The van der Waals surface area contributed by atoms with Crippen molar-refractivity contribution in [3.8, 4) is 16.9 Å². The van der Waals surface area contributed by atoms with E-state index in [-0.39, 0.29) is 35.0 Å². The summed E-state index contributed by atoms with van der Waals surface area (Å²) in [5, 5.41) is 20.4. The second-order valence-electron chi connectivity index (χ2n) is 8.71. The van der Waals surface area contributed by atoms with Gasteiger partial charge in [0.2, 0.25) is 5.91 Å². The Kier molecular flexibility index (Phi) is 6.42. The second kappa shape index (κ2) is 9.97. The monoisotopic (exact) mass is 497 g/mol. The maximum absolute atomic E-state index is 12.8. The number of rotatable bonds is 7. The third-order valence-corrected chi connectivity index (χ3v) is 6.43. The molecule has 4 heterocycles. The zero-order valence-corrected chi connectivity index (χ0v) is 19.9. The summed E-state index contributed by atoms with van der Waals surface area (Å²) in [4.78, 5) is 46.6. The summed E-state index contributed by atoms with van der Waals surface area (Å²) in [6, 6.07) is 14.3. The molecule has 1 fully saturated rings. The fourth-order valence-electron chi connectivity index (χ4n) is 4.55. The quantitative estimate of drug-likeness (QED) is 0.396. The summed E-state index contributed by atoms with van der Waals surface area (Å²) < 4.78 is 1.44. The molecule has 0 unspecified atom stereocenters. The number of hydrogen-bond donors (Lipinski definition) is 2. The van der Waals surface area contributed by atoms with Gasteiger partial charge in [0.1, 0.15) is 11.4 Å². The van der Waals surface area contributed by atoms with Crippen molar-refractivity contribution in [3.05, 3.63) is 90.1 Å². The molecular formula is C26H23N7O4. The smallest absolute Gasteiger partial charge is 0.336 e. The van der Waals surface area contributed by atoms with E-state index in [2.05, 4.69) is 25.6 Å². The van der Waals surface area contributed by atoms with Crippen LogP contribution < -0.4 is 5.32 Å². The summed E-state index contributed by atoms with van der Waals surface area (Å²) in [5.74, 6) is -1.45. The van der Waals surface area contributed by atoms with E-state index in [1.165, 1.54) is 29.3 Å². The zero-order valence-electron chi connectivity index (χ0n) is 19.9. The minimum absolute atomic E-state index is 0.0459. The molecule has 0 saturated carbocycles. The zero-order chi connectivity index (χ0) is 25.9. The van der Waals surface area contributed by atoms with Crippen molar-refractivity contribution < 1.29 is 19.5 Å². The Morgan fingerprint density at radius 3 is 2.65 bits per heavy atom. The molecule has 37 heavy (non-hydrogen) atoms. The average molecular weight is 498 g/mol. The van der Waals surface area contributed by atoms with Crippen LogP contribution in [-0.2, 0) is 4.79 Å². The molecule has 2 atom stereocenters. The molecule has 1 aliphatic heterocycles. The summed E-state index contributed by atoms with van der Waals surface area (Å²) >= 11 is 0. The summed E-state index contributed by atoms with van der Waals surface area (Å²) in [5.41, 5.74) is 2.55. The van der Waals surface area contributed by atoms with E-state index in [0.717, 1.165) is 5.56 Å². The molecule has 0 spiro atoms. The van der Waals surface area contributed by atoms with Crippen molar-refractivity contribution >= 4 is 17.8 Å². The van der Waals surface area contributed by atoms with E-state index < -0.39 is 5.97 Å². The molecule has 186 valence electrons. The number of carbonyl (C=O) groups is 3. The van der Waals surface area contributed by atoms with Gasteiger partial charge in [-0.25, -0.2) is 14.5 Å². The largest absolute Gasteiger partial charge is 0.478 e. The van der Waals surface area contributed by atoms with Crippen molar-refractivity contribution in [2.45, 2.75) is 12.5 Å². The number of aromatic carboxylic acids is 1. The lowest BCUT2D eigenvalue weighted by Crippen LogP contribution is -2.33. The van der Waals surface area contributed by atoms with Crippen LogP contribution in [0, 0.1) is 5.92 Å². The van der Waals surface area contributed by atoms with E-state index >= 15 is 0 Å². The van der Waals surface area contributed by atoms with Gasteiger partial charge in [0, 0.05) is 43.9 Å². The number of nitrogens with one attached hydrogen (secondary N) is 1. The molecule has 1 saturated heterocycles. The van der Waals surface area contributed by atoms with Crippen LogP contribution in [0.3, 0.4) is 0 Å². The lowest BCUT2D eigenvalue weighted by atomic mass is 9.93. The molecule has 1 aromatic carbocycles. The molecular weight excluding hydrogens is 474 g/mol. The maximum Gasteiger partial charge on any atom is 0.336 e. The van der Waals surface area contributed by atoms with Gasteiger partial charge in [0.05, 0.1) is 29.7 Å². The van der Waals surface area contributed by atoms with Gasteiger partial charge < -0.3 is 15.3 Å². The van der Waals surface area contributed by atoms with E-state index in [1.807, 2.05) is 30.3 Å². The highest BCUT2D eigenvalue weighted by molar-refractivity contribution is 5.95. The first kappa shape index (κ1) is 23.8. The van der Waals surface area contributed by atoms with E-state index in [9.17, 15) is 19.5 Å². The highest BCUT2D eigenvalue weighted by Crippen LogP contribution is 2.36. The SMILES string of the molecule is CN1C(=O)C[C@H](CNC(=O)c2ccc(-n3cc(-c4cnccc4C(=O)O)nn3)cn2)[C@H]1c1ccccc1. The minimum atomic E-state index is -1.09. The number of amides is 2. The Bertz CT molecular complexity index is 1450. The molecule has 3 aromatic heterocycles. The first-order valence-corrected chi connectivity index (χ1v) is 11.6. The molecule has 11 heteroatoms. The van der Waals surface area contributed by atoms with Crippen LogP contribution in [0.5, 0.6) is 0 Å². The van der Waals surface area contributed by atoms with Gasteiger partial charge >= 0.3 is 5.97 Å². The van der Waals surface area contributed by atoms with E-state index in [0.29, 0.717) is 29.9 Å². The Morgan fingerprint density at radius 2 is 1.92 bits per heavy atom. The number of likely N-dealkylation sites (tertiary alicyclic amines) is 1. The Balaban J connectivity index is 1.26. The number of hydrogen-bond acceptors (Lipinski definition) is 7. The first-order chi connectivity index (χ1) is 17.9. The molecule has 2 amide bonds. The average Bonchev–Trinajstić information content (AvgIpc) is 3.52.